The van der Waals surface area contributed by atoms with E-state index in [2.05, 4.69) is 64.1 Å². The molecule has 2 nitrogen and oxygen atoms in total. The van der Waals surface area contributed by atoms with Crippen molar-refractivity contribution >= 4 is 0 Å². The highest BCUT2D eigenvalue weighted by atomic mass is 16.3. The number of phenols is 2. The lowest BCUT2D eigenvalue weighted by Gasteiger charge is -2.30. The third-order valence-corrected chi connectivity index (χ3v) is 5.94. The zero-order valence-electron chi connectivity index (χ0n) is 17.9. The van der Waals surface area contributed by atoms with Gasteiger partial charge in [0, 0.05) is 11.1 Å². The van der Waals surface area contributed by atoms with Gasteiger partial charge in [-0.15, -0.1) is 0 Å². The minimum Gasteiger partial charge on any atom is -0.508 e. The molecule has 29 heavy (non-hydrogen) atoms. The molecule has 2 N–H and O–H groups in total. The lowest BCUT2D eigenvalue weighted by atomic mass is 9.75. The second-order valence-electron chi connectivity index (χ2n) is 9.30. The number of phenolic OH excluding ortho intramolecular Hbond substituents is 2. The molecule has 0 heterocycles. The molecule has 0 atom stereocenters. The van der Waals surface area contributed by atoms with Crippen LogP contribution in [0.15, 0.2) is 72.8 Å². The molecule has 0 fully saturated rings. The Balaban J connectivity index is 1.84. The second-order valence-corrected chi connectivity index (χ2v) is 9.30. The molecule has 0 aliphatic rings. The van der Waals surface area contributed by atoms with Gasteiger partial charge in [0.25, 0.3) is 0 Å². The predicted octanol–water partition coefficient (Wildman–Crippen LogP) is 6.53. The zero-order chi connectivity index (χ0) is 21.1. The van der Waals surface area contributed by atoms with Gasteiger partial charge in [0.1, 0.15) is 11.5 Å². The van der Waals surface area contributed by atoms with Gasteiger partial charge in [0.15, 0.2) is 0 Å². The lowest BCUT2D eigenvalue weighted by molar-refractivity contribution is 0.398. The monoisotopic (exact) mass is 388 g/mol. The molecule has 0 spiro atoms. The largest absolute Gasteiger partial charge is 0.508 e. The zero-order valence-corrected chi connectivity index (χ0v) is 17.9. The van der Waals surface area contributed by atoms with Gasteiger partial charge in [-0.25, -0.2) is 0 Å². The van der Waals surface area contributed by atoms with Gasteiger partial charge in [-0.2, -0.15) is 0 Å². The van der Waals surface area contributed by atoms with Gasteiger partial charge >= 0.3 is 0 Å². The van der Waals surface area contributed by atoms with Crippen molar-refractivity contribution in [1.29, 1.82) is 0 Å². The van der Waals surface area contributed by atoms with Gasteiger partial charge in [0.2, 0.25) is 0 Å². The van der Waals surface area contributed by atoms with E-state index >= 15 is 0 Å². The van der Waals surface area contributed by atoms with Gasteiger partial charge < -0.3 is 10.2 Å². The molecular formula is C27H32O2. The first kappa shape index (κ1) is 21.0. The maximum atomic E-state index is 10.9. The molecular weight excluding hydrogens is 356 g/mol. The molecule has 0 unspecified atom stereocenters. The van der Waals surface area contributed by atoms with Crippen molar-refractivity contribution < 1.29 is 10.2 Å². The number of aromatic hydroxyl groups is 2. The van der Waals surface area contributed by atoms with Crippen LogP contribution in [0.1, 0.15) is 56.4 Å². The standard InChI is InChI=1S/C27H32O2/c1-26(2,16-15-20-11-7-5-8-12-20)22-17-25(29)23(18-24(22)28)27(3,4)19-21-13-9-6-10-14-21/h5-14,17-18,28-29H,15-16,19H2,1-4H3. The Morgan fingerprint density at radius 1 is 0.621 bits per heavy atom. The van der Waals surface area contributed by atoms with Crippen molar-refractivity contribution in [3.05, 3.63) is 95.1 Å². The summed E-state index contributed by atoms with van der Waals surface area (Å²) in [4.78, 5) is 0. The molecule has 0 aromatic heterocycles. The number of benzene rings is 3. The number of hydrogen-bond acceptors (Lipinski definition) is 2. The second kappa shape index (κ2) is 8.32. The van der Waals surface area contributed by atoms with Crippen molar-refractivity contribution in [2.75, 3.05) is 0 Å². The van der Waals surface area contributed by atoms with Crippen molar-refractivity contribution in [2.24, 2.45) is 0 Å². The van der Waals surface area contributed by atoms with Crippen molar-refractivity contribution in [2.45, 2.75) is 57.8 Å². The minimum atomic E-state index is -0.296. The predicted molar refractivity (Wildman–Crippen MR) is 121 cm³/mol. The van der Waals surface area contributed by atoms with Crippen molar-refractivity contribution in [3.8, 4) is 11.5 Å². The maximum absolute atomic E-state index is 10.9. The van der Waals surface area contributed by atoms with E-state index < -0.39 is 0 Å². The summed E-state index contributed by atoms with van der Waals surface area (Å²) in [5, 5.41) is 21.7. The molecule has 0 aliphatic heterocycles. The van der Waals surface area contributed by atoms with Crippen LogP contribution in [0.4, 0.5) is 0 Å². The van der Waals surface area contributed by atoms with E-state index in [9.17, 15) is 10.2 Å². The Labute approximate surface area is 174 Å². The fourth-order valence-electron chi connectivity index (χ4n) is 4.10. The Hall–Kier alpha value is -2.74. The van der Waals surface area contributed by atoms with Gasteiger partial charge in [-0.1, -0.05) is 88.4 Å². The van der Waals surface area contributed by atoms with Crippen LogP contribution < -0.4 is 0 Å². The van der Waals surface area contributed by atoms with E-state index in [0.717, 1.165) is 30.4 Å². The van der Waals surface area contributed by atoms with Crippen LogP contribution >= 0.6 is 0 Å². The highest BCUT2D eigenvalue weighted by molar-refractivity contribution is 5.51. The first-order chi connectivity index (χ1) is 13.7. The Kier molecular flexibility index (Phi) is 6.02. The van der Waals surface area contributed by atoms with Gasteiger partial charge in [-0.3, -0.25) is 0 Å². The average Bonchev–Trinajstić information content (AvgIpc) is 2.69. The summed E-state index contributed by atoms with van der Waals surface area (Å²) in [7, 11) is 0. The van der Waals surface area contributed by atoms with Crippen LogP contribution in [-0.4, -0.2) is 10.2 Å². The molecule has 3 rings (SSSR count). The molecule has 0 amide bonds. The molecule has 3 aromatic carbocycles. The summed E-state index contributed by atoms with van der Waals surface area (Å²) in [5.41, 5.74) is 3.52. The summed E-state index contributed by atoms with van der Waals surface area (Å²) in [5.74, 6) is 0.517. The van der Waals surface area contributed by atoms with Crippen LogP contribution in [0.2, 0.25) is 0 Å². The molecule has 0 bridgehead atoms. The van der Waals surface area contributed by atoms with Crippen LogP contribution in [0, 0.1) is 0 Å². The van der Waals surface area contributed by atoms with Gasteiger partial charge in [-0.05, 0) is 53.4 Å². The lowest BCUT2D eigenvalue weighted by Crippen LogP contribution is -2.22. The molecule has 0 radical (unpaired) electrons. The molecule has 152 valence electrons. The number of hydrogen-bond donors (Lipinski definition) is 2. The summed E-state index contributed by atoms with van der Waals surface area (Å²) in [6, 6.07) is 24.2. The number of aryl methyl sites for hydroxylation is 1. The summed E-state index contributed by atoms with van der Waals surface area (Å²) in [6.45, 7) is 8.46. The summed E-state index contributed by atoms with van der Waals surface area (Å²) < 4.78 is 0. The molecule has 0 aliphatic carbocycles. The van der Waals surface area contributed by atoms with Crippen LogP contribution in [0.3, 0.4) is 0 Å². The third kappa shape index (κ3) is 5.00. The van der Waals surface area contributed by atoms with E-state index in [1.54, 1.807) is 12.1 Å². The molecule has 0 saturated carbocycles. The highest BCUT2D eigenvalue weighted by Crippen LogP contribution is 2.42. The Bertz CT molecular complexity index is 941. The van der Waals surface area contributed by atoms with E-state index in [0.29, 0.717) is 0 Å². The third-order valence-electron chi connectivity index (χ3n) is 5.94. The van der Waals surface area contributed by atoms with E-state index in [4.69, 9.17) is 0 Å². The summed E-state index contributed by atoms with van der Waals surface area (Å²) in [6.07, 6.45) is 2.60. The fourth-order valence-corrected chi connectivity index (χ4v) is 4.10. The maximum Gasteiger partial charge on any atom is 0.119 e. The Morgan fingerprint density at radius 3 is 1.59 bits per heavy atom. The van der Waals surface area contributed by atoms with E-state index in [1.807, 2.05) is 24.3 Å². The Morgan fingerprint density at radius 2 is 1.07 bits per heavy atom. The first-order valence-electron chi connectivity index (χ1n) is 10.3. The SMILES string of the molecule is CC(C)(CCc1ccccc1)c1cc(O)c(C(C)(C)Cc2ccccc2)cc1O. The fraction of sp³-hybridized carbons (Fsp3) is 0.333. The first-order valence-corrected chi connectivity index (χ1v) is 10.3. The summed E-state index contributed by atoms with van der Waals surface area (Å²) >= 11 is 0. The van der Waals surface area contributed by atoms with Crippen LogP contribution in [0.5, 0.6) is 11.5 Å². The quantitative estimate of drug-likeness (QED) is 0.452. The van der Waals surface area contributed by atoms with Crippen molar-refractivity contribution in [1.82, 2.24) is 0 Å². The van der Waals surface area contributed by atoms with Crippen LogP contribution in [0.25, 0.3) is 0 Å². The molecule has 3 aromatic rings. The normalized spacial score (nSPS) is 12.1. The highest BCUT2D eigenvalue weighted by Gasteiger charge is 2.30. The minimum absolute atomic E-state index is 0.250. The van der Waals surface area contributed by atoms with Gasteiger partial charge in [0.05, 0.1) is 0 Å². The molecule has 2 heteroatoms. The average molecular weight is 389 g/mol. The molecule has 0 saturated heterocycles. The van der Waals surface area contributed by atoms with E-state index in [1.165, 1.54) is 11.1 Å². The van der Waals surface area contributed by atoms with E-state index in [-0.39, 0.29) is 22.3 Å². The van der Waals surface area contributed by atoms with Crippen LogP contribution in [-0.2, 0) is 23.7 Å². The topological polar surface area (TPSA) is 40.5 Å². The number of rotatable bonds is 7. The smallest absolute Gasteiger partial charge is 0.119 e. The van der Waals surface area contributed by atoms with Crippen molar-refractivity contribution in [3.63, 3.8) is 0 Å².